The third-order valence-corrected chi connectivity index (χ3v) is 1.95. The molecule has 0 aliphatic carbocycles. The Morgan fingerprint density at radius 3 is 2.44 bits per heavy atom. The molecule has 2 atom stereocenters. The van der Waals surface area contributed by atoms with Gasteiger partial charge in [0.2, 0.25) is 0 Å². The summed E-state index contributed by atoms with van der Waals surface area (Å²) < 4.78 is 8.95. The molecule has 0 radical (unpaired) electrons. The highest BCUT2D eigenvalue weighted by Crippen LogP contribution is 1.97. The first-order valence-electron chi connectivity index (χ1n) is 4.79. The smallest absolute Gasteiger partial charge is 0.323 e. The molecule has 0 fully saturated rings. The number of hydrogen-bond acceptors (Lipinski definition) is 7. The van der Waals surface area contributed by atoms with Gasteiger partial charge in [0.05, 0.1) is 27.2 Å². The van der Waals surface area contributed by atoms with Gasteiger partial charge in [0.1, 0.15) is 6.04 Å². The zero-order valence-corrected chi connectivity index (χ0v) is 9.43. The molecule has 0 unspecified atom stereocenters. The Hall–Kier alpha value is -1.18. The molecule has 7 heteroatoms. The quantitative estimate of drug-likeness (QED) is 0.437. The maximum Gasteiger partial charge on any atom is 0.323 e. The summed E-state index contributed by atoms with van der Waals surface area (Å²) >= 11 is 0. The lowest BCUT2D eigenvalue weighted by Gasteiger charge is -2.17. The molecule has 94 valence electrons. The van der Waals surface area contributed by atoms with Crippen molar-refractivity contribution in [2.24, 2.45) is 5.73 Å². The van der Waals surface area contributed by atoms with Crippen molar-refractivity contribution in [2.75, 3.05) is 27.4 Å². The Morgan fingerprint density at radius 1 is 1.38 bits per heavy atom. The maximum absolute atomic E-state index is 11.3. The number of hydrogen-bond donors (Lipinski definition) is 3. The van der Waals surface area contributed by atoms with Crippen LogP contribution < -0.4 is 11.1 Å². The summed E-state index contributed by atoms with van der Waals surface area (Å²) in [5.41, 5.74) is 5.45. The van der Waals surface area contributed by atoms with Crippen molar-refractivity contribution in [1.82, 2.24) is 5.32 Å². The Balaban J connectivity index is 4.21. The van der Waals surface area contributed by atoms with Crippen LogP contribution in [0.15, 0.2) is 0 Å². The molecule has 4 N–H and O–H groups in total. The Labute approximate surface area is 93.9 Å². The van der Waals surface area contributed by atoms with Gasteiger partial charge in [-0.1, -0.05) is 0 Å². The van der Waals surface area contributed by atoms with Crippen LogP contribution in [0.3, 0.4) is 0 Å². The first-order chi connectivity index (χ1) is 7.54. The van der Waals surface area contributed by atoms with Crippen LogP contribution in [0.2, 0.25) is 0 Å². The first-order valence-corrected chi connectivity index (χ1v) is 4.79. The number of nitrogens with one attached hydrogen (secondary N) is 1. The van der Waals surface area contributed by atoms with Gasteiger partial charge in [-0.05, 0) is 0 Å². The van der Waals surface area contributed by atoms with Crippen LogP contribution in [0.25, 0.3) is 0 Å². The SMILES string of the molecule is COC(=O)C[C@H](NC[C@@H](N)CO)C(=O)OC. The molecule has 0 saturated heterocycles. The van der Waals surface area contributed by atoms with E-state index >= 15 is 0 Å². The molecule has 0 heterocycles. The highest BCUT2D eigenvalue weighted by atomic mass is 16.5. The normalized spacial score (nSPS) is 14.0. The highest BCUT2D eigenvalue weighted by molar-refractivity contribution is 5.82. The van der Waals surface area contributed by atoms with E-state index in [1.165, 1.54) is 14.2 Å². The van der Waals surface area contributed by atoms with Gasteiger partial charge in [-0.3, -0.25) is 9.59 Å². The molecule has 0 rings (SSSR count). The second-order valence-electron chi connectivity index (χ2n) is 3.21. The number of esters is 2. The number of rotatable bonds is 7. The summed E-state index contributed by atoms with van der Waals surface area (Å²) in [5.74, 6) is -1.10. The number of aliphatic hydroxyl groups is 1. The lowest BCUT2D eigenvalue weighted by molar-refractivity contribution is -0.149. The number of carbonyl (C=O) groups is 2. The number of ether oxygens (including phenoxy) is 2. The lowest BCUT2D eigenvalue weighted by atomic mass is 10.2. The van der Waals surface area contributed by atoms with Crippen LogP contribution in [-0.4, -0.2) is 56.5 Å². The summed E-state index contributed by atoms with van der Waals surface area (Å²) in [4.78, 5) is 22.3. The van der Waals surface area contributed by atoms with Crippen LogP contribution in [0.5, 0.6) is 0 Å². The van der Waals surface area contributed by atoms with E-state index in [9.17, 15) is 9.59 Å². The van der Waals surface area contributed by atoms with Gasteiger partial charge in [0.15, 0.2) is 0 Å². The van der Waals surface area contributed by atoms with Crippen LogP contribution in [-0.2, 0) is 19.1 Å². The van der Waals surface area contributed by atoms with Gasteiger partial charge in [-0.15, -0.1) is 0 Å². The van der Waals surface area contributed by atoms with Crippen molar-refractivity contribution in [3.8, 4) is 0 Å². The third kappa shape index (κ3) is 5.64. The molecule has 0 aliphatic heterocycles. The van der Waals surface area contributed by atoms with E-state index in [2.05, 4.69) is 14.8 Å². The van der Waals surface area contributed by atoms with Crippen molar-refractivity contribution in [1.29, 1.82) is 0 Å². The number of carbonyl (C=O) groups excluding carboxylic acids is 2. The topological polar surface area (TPSA) is 111 Å². The summed E-state index contributed by atoms with van der Waals surface area (Å²) in [5, 5.41) is 11.4. The first kappa shape index (κ1) is 14.8. The van der Waals surface area contributed by atoms with Crippen LogP contribution in [0, 0.1) is 0 Å². The zero-order valence-electron chi connectivity index (χ0n) is 9.43. The van der Waals surface area contributed by atoms with Gasteiger partial charge >= 0.3 is 11.9 Å². The fraction of sp³-hybridized carbons (Fsp3) is 0.778. The molecule has 0 aromatic heterocycles. The number of nitrogens with two attached hydrogens (primary N) is 1. The Kier molecular flexibility index (Phi) is 7.44. The standard InChI is InChI=1S/C9H18N2O5/c1-15-8(13)3-7(9(14)16-2)11-4-6(10)5-12/h6-7,11-12H,3-5,10H2,1-2H3/t6-,7+/m1/s1. The summed E-state index contributed by atoms with van der Waals surface area (Å²) in [6.45, 7) is -0.00756. The molecule has 7 nitrogen and oxygen atoms in total. The number of aliphatic hydroxyl groups excluding tert-OH is 1. The summed E-state index contributed by atoms with van der Waals surface area (Å²) in [6.07, 6.45) is -0.138. The van der Waals surface area contributed by atoms with E-state index < -0.39 is 24.0 Å². The van der Waals surface area contributed by atoms with Gasteiger partial charge in [0.25, 0.3) is 0 Å². The molecule has 0 aromatic carbocycles. The Bertz CT molecular complexity index is 234. The van der Waals surface area contributed by atoms with E-state index in [0.29, 0.717) is 0 Å². The molecule has 0 amide bonds. The van der Waals surface area contributed by atoms with E-state index in [1.54, 1.807) is 0 Å². The van der Waals surface area contributed by atoms with Crippen molar-refractivity contribution in [3.63, 3.8) is 0 Å². The van der Waals surface area contributed by atoms with Gasteiger partial charge < -0.3 is 25.6 Å². The third-order valence-electron chi connectivity index (χ3n) is 1.95. The minimum absolute atomic E-state index is 0.138. The van der Waals surface area contributed by atoms with Gasteiger partial charge in [-0.2, -0.15) is 0 Å². The average molecular weight is 234 g/mol. The fourth-order valence-electron chi connectivity index (χ4n) is 0.989. The van der Waals surface area contributed by atoms with Crippen molar-refractivity contribution in [2.45, 2.75) is 18.5 Å². The van der Waals surface area contributed by atoms with E-state index in [1.807, 2.05) is 0 Å². The molecular formula is C9H18N2O5. The van der Waals surface area contributed by atoms with Crippen molar-refractivity contribution in [3.05, 3.63) is 0 Å². The number of methoxy groups -OCH3 is 2. The van der Waals surface area contributed by atoms with E-state index in [0.717, 1.165) is 0 Å². The molecule has 0 aromatic rings. The monoisotopic (exact) mass is 234 g/mol. The van der Waals surface area contributed by atoms with Crippen molar-refractivity contribution < 1.29 is 24.2 Å². The van der Waals surface area contributed by atoms with E-state index in [4.69, 9.17) is 10.8 Å². The van der Waals surface area contributed by atoms with Crippen molar-refractivity contribution >= 4 is 11.9 Å². The van der Waals surface area contributed by atoms with E-state index in [-0.39, 0.29) is 19.6 Å². The second kappa shape index (κ2) is 8.03. The maximum atomic E-state index is 11.3. The molecule has 16 heavy (non-hydrogen) atoms. The van der Waals surface area contributed by atoms with Gasteiger partial charge in [0, 0.05) is 12.6 Å². The average Bonchev–Trinajstić information content (AvgIpc) is 2.32. The second-order valence-corrected chi connectivity index (χ2v) is 3.21. The fourth-order valence-corrected chi connectivity index (χ4v) is 0.989. The minimum Gasteiger partial charge on any atom is -0.469 e. The van der Waals surface area contributed by atoms with Crippen LogP contribution in [0.1, 0.15) is 6.42 Å². The predicted molar refractivity (Wildman–Crippen MR) is 55.5 cm³/mol. The van der Waals surface area contributed by atoms with Crippen LogP contribution in [0.4, 0.5) is 0 Å². The van der Waals surface area contributed by atoms with Crippen LogP contribution >= 0.6 is 0 Å². The summed E-state index contributed by atoms with van der Waals surface area (Å²) in [7, 11) is 2.45. The molecular weight excluding hydrogens is 216 g/mol. The molecule has 0 spiro atoms. The predicted octanol–water partition coefficient (Wildman–Crippen LogP) is -2.00. The summed E-state index contributed by atoms with van der Waals surface area (Å²) in [6, 6.07) is -1.31. The lowest BCUT2D eigenvalue weighted by Crippen LogP contribution is -2.46. The molecule has 0 saturated carbocycles. The Morgan fingerprint density at radius 2 is 2.00 bits per heavy atom. The van der Waals surface area contributed by atoms with Gasteiger partial charge in [-0.25, -0.2) is 0 Å². The largest absolute Gasteiger partial charge is 0.469 e. The molecule has 0 bridgehead atoms. The molecule has 0 aliphatic rings. The highest BCUT2D eigenvalue weighted by Gasteiger charge is 2.23. The minimum atomic E-state index is -0.810. The zero-order chi connectivity index (χ0) is 12.6.